The van der Waals surface area contributed by atoms with Crippen molar-refractivity contribution < 1.29 is 19.1 Å². The molecule has 0 amide bonds. The quantitative estimate of drug-likeness (QED) is 0.387. The van der Waals surface area contributed by atoms with Gasteiger partial charge in [-0.1, -0.05) is 42.5 Å². The molecule has 1 aromatic heterocycles. The number of carbonyl (C=O) groups excluding carboxylic acids is 2. The highest BCUT2D eigenvalue weighted by Crippen LogP contribution is 2.12. The van der Waals surface area contributed by atoms with Crippen LogP contribution in [-0.2, 0) is 14.3 Å². The third-order valence-corrected chi connectivity index (χ3v) is 3.58. The minimum absolute atomic E-state index is 0.00152. The molecule has 0 saturated heterocycles. The number of carbonyl (C=O) groups is 2. The molecule has 0 saturated carbocycles. The van der Waals surface area contributed by atoms with Crippen LogP contribution in [-0.4, -0.2) is 30.1 Å². The third-order valence-electron chi connectivity index (χ3n) is 3.58. The standard InChI is InChI=1S/C21H17NO4/c23-20(25-14-15-26-21(24)17-7-2-1-3-8-17)13-12-18-11-10-16-6-4-5-9-19(16)22-18/h1-13H,14-15H2/b13-12+. The summed E-state index contributed by atoms with van der Waals surface area (Å²) in [6, 6.07) is 20.1. The van der Waals surface area contributed by atoms with Crippen molar-refractivity contribution in [3.8, 4) is 0 Å². The number of para-hydroxylation sites is 1. The summed E-state index contributed by atoms with van der Waals surface area (Å²) in [6.07, 6.45) is 2.89. The minimum atomic E-state index is -0.518. The number of aromatic nitrogens is 1. The Balaban J connectivity index is 1.44. The average Bonchev–Trinajstić information content (AvgIpc) is 2.70. The van der Waals surface area contributed by atoms with Gasteiger partial charge in [-0.3, -0.25) is 0 Å². The number of nitrogens with zero attached hydrogens (tertiary/aromatic N) is 1. The van der Waals surface area contributed by atoms with E-state index in [2.05, 4.69) is 4.98 Å². The maximum Gasteiger partial charge on any atom is 0.338 e. The van der Waals surface area contributed by atoms with Gasteiger partial charge >= 0.3 is 11.9 Å². The van der Waals surface area contributed by atoms with Crippen molar-refractivity contribution in [2.75, 3.05) is 13.2 Å². The van der Waals surface area contributed by atoms with Crippen LogP contribution < -0.4 is 0 Å². The Labute approximate surface area is 150 Å². The van der Waals surface area contributed by atoms with Crippen molar-refractivity contribution in [1.82, 2.24) is 4.98 Å². The van der Waals surface area contributed by atoms with Crippen LogP contribution in [0.15, 0.2) is 72.8 Å². The lowest BCUT2D eigenvalue weighted by atomic mass is 10.2. The highest BCUT2D eigenvalue weighted by molar-refractivity contribution is 5.89. The highest BCUT2D eigenvalue weighted by atomic mass is 16.6. The van der Waals surface area contributed by atoms with E-state index >= 15 is 0 Å². The zero-order chi connectivity index (χ0) is 18.2. The summed E-state index contributed by atoms with van der Waals surface area (Å²) in [7, 11) is 0. The zero-order valence-electron chi connectivity index (χ0n) is 14.0. The van der Waals surface area contributed by atoms with Gasteiger partial charge in [-0.25, -0.2) is 14.6 Å². The van der Waals surface area contributed by atoms with E-state index in [9.17, 15) is 9.59 Å². The maximum atomic E-state index is 11.7. The van der Waals surface area contributed by atoms with E-state index in [-0.39, 0.29) is 13.2 Å². The lowest BCUT2D eigenvalue weighted by Crippen LogP contribution is -2.12. The van der Waals surface area contributed by atoms with Crippen LogP contribution >= 0.6 is 0 Å². The molecular weight excluding hydrogens is 330 g/mol. The molecule has 0 unspecified atom stereocenters. The van der Waals surface area contributed by atoms with E-state index in [0.717, 1.165) is 10.9 Å². The second kappa shape index (κ2) is 8.58. The lowest BCUT2D eigenvalue weighted by Gasteiger charge is -2.05. The molecule has 5 heteroatoms. The van der Waals surface area contributed by atoms with Crippen molar-refractivity contribution in [3.63, 3.8) is 0 Å². The van der Waals surface area contributed by atoms with E-state index in [1.165, 1.54) is 6.08 Å². The number of pyridine rings is 1. The molecule has 0 aliphatic heterocycles. The molecule has 0 N–H and O–H groups in total. The van der Waals surface area contributed by atoms with Crippen LogP contribution in [0.1, 0.15) is 16.1 Å². The number of hydrogen-bond acceptors (Lipinski definition) is 5. The van der Waals surface area contributed by atoms with Gasteiger partial charge in [0.15, 0.2) is 0 Å². The van der Waals surface area contributed by atoms with Gasteiger partial charge < -0.3 is 9.47 Å². The van der Waals surface area contributed by atoms with Crippen LogP contribution in [0.5, 0.6) is 0 Å². The maximum absolute atomic E-state index is 11.7. The molecule has 1 heterocycles. The van der Waals surface area contributed by atoms with Gasteiger partial charge in [-0.2, -0.15) is 0 Å². The number of benzene rings is 2. The first-order valence-corrected chi connectivity index (χ1v) is 8.15. The second-order valence-electron chi connectivity index (χ2n) is 5.43. The third kappa shape index (κ3) is 4.77. The Morgan fingerprint density at radius 1 is 0.846 bits per heavy atom. The molecule has 26 heavy (non-hydrogen) atoms. The molecular formula is C21H17NO4. The minimum Gasteiger partial charge on any atom is -0.459 e. The summed E-state index contributed by atoms with van der Waals surface area (Å²) in [5.41, 5.74) is 1.98. The number of hydrogen-bond donors (Lipinski definition) is 0. The first-order valence-electron chi connectivity index (χ1n) is 8.15. The number of ether oxygens (including phenoxy) is 2. The summed E-state index contributed by atoms with van der Waals surface area (Å²) < 4.78 is 10.0. The predicted molar refractivity (Wildman–Crippen MR) is 98.5 cm³/mol. The Morgan fingerprint density at radius 2 is 1.58 bits per heavy atom. The first kappa shape index (κ1) is 17.4. The van der Waals surface area contributed by atoms with Gasteiger partial charge in [0.1, 0.15) is 13.2 Å². The van der Waals surface area contributed by atoms with Crippen molar-refractivity contribution in [1.29, 1.82) is 0 Å². The van der Waals surface area contributed by atoms with Crippen LogP contribution in [0.2, 0.25) is 0 Å². The molecule has 2 aromatic carbocycles. The largest absolute Gasteiger partial charge is 0.459 e. The van der Waals surface area contributed by atoms with Gasteiger partial charge in [0.05, 0.1) is 16.8 Å². The summed E-state index contributed by atoms with van der Waals surface area (Å²) in [6.45, 7) is -0.00553. The van der Waals surface area contributed by atoms with Gasteiger partial charge in [-0.05, 0) is 30.3 Å². The molecule has 0 radical (unpaired) electrons. The topological polar surface area (TPSA) is 65.5 Å². The summed E-state index contributed by atoms with van der Waals surface area (Å²) >= 11 is 0. The SMILES string of the molecule is O=C(/C=C/c1ccc2ccccc2n1)OCCOC(=O)c1ccccc1. The molecule has 0 bridgehead atoms. The summed E-state index contributed by atoms with van der Waals surface area (Å²) in [5.74, 6) is -0.965. The van der Waals surface area contributed by atoms with Crippen LogP contribution in [0, 0.1) is 0 Å². The van der Waals surface area contributed by atoms with Gasteiger partial charge in [0, 0.05) is 11.5 Å². The normalized spacial score (nSPS) is 10.8. The fourth-order valence-electron chi connectivity index (χ4n) is 2.31. The van der Waals surface area contributed by atoms with E-state index in [1.54, 1.807) is 30.3 Å². The van der Waals surface area contributed by atoms with Crippen LogP contribution in [0.25, 0.3) is 17.0 Å². The number of rotatable bonds is 6. The molecule has 0 aliphatic rings. The molecule has 0 spiro atoms. The highest BCUT2D eigenvalue weighted by Gasteiger charge is 2.06. The fraction of sp³-hybridized carbons (Fsp3) is 0.0952. The first-order chi connectivity index (χ1) is 12.7. The van der Waals surface area contributed by atoms with Crippen molar-refractivity contribution in [2.24, 2.45) is 0 Å². The number of esters is 2. The van der Waals surface area contributed by atoms with Crippen LogP contribution in [0.3, 0.4) is 0 Å². The smallest absolute Gasteiger partial charge is 0.338 e. The van der Waals surface area contributed by atoms with Crippen molar-refractivity contribution >= 4 is 28.9 Å². The van der Waals surface area contributed by atoms with E-state index < -0.39 is 11.9 Å². The summed E-state index contributed by atoms with van der Waals surface area (Å²) in [4.78, 5) is 27.9. The zero-order valence-corrected chi connectivity index (χ0v) is 14.0. The molecule has 0 aliphatic carbocycles. The van der Waals surface area contributed by atoms with Crippen LogP contribution in [0.4, 0.5) is 0 Å². The molecule has 3 aromatic rings. The van der Waals surface area contributed by atoms with Gasteiger partial charge in [0.25, 0.3) is 0 Å². The molecule has 130 valence electrons. The fourth-order valence-corrected chi connectivity index (χ4v) is 2.31. The van der Waals surface area contributed by atoms with E-state index in [0.29, 0.717) is 11.3 Å². The average molecular weight is 347 g/mol. The summed E-state index contributed by atoms with van der Waals surface area (Å²) in [5, 5.41) is 1.03. The Morgan fingerprint density at radius 3 is 2.42 bits per heavy atom. The molecule has 5 nitrogen and oxygen atoms in total. The van der Waals surface area contributed by atoms with Crippen molar-refractivity contribution in [2.45, 2.75) is 0 Å². The molecule has 0 atom stereocenters. The van der Waals surface area contributed by atoms with Crippen molar-refractivity contribution in [3.05, 3.63) is 84.1 Å². The Bertz CT molecular complexity index is 935. The predicted octanol–water partition coefficient (Wildman–Crippen LogP) is 3.65. The van der Waals surface area contributed by atoms with Gasteiger partial charge in [-0.15, -0.1) is 0 Å². The lowest BCUT2D eigenvalue weighted by molar-refractivity contribution is -0.138. The van der Waals surface area contributed by atoms with Gasteiger partial charge in [0.2, 0.25) is 0 Å². The Kier molecular flexibility index (Phi) is 5.72. The number of fused-ring (bicyclic) bond motifs is 1. The Hall–Kier alpha value is -3.47. The monoisotopic (exact) mass is 347 g/mol. The second-order valence-corrected chi connectivity index (χ2v) is 5.43. The van der Waals surface area contributed by atoms with E-state index in [1.807, 2.05) is 42.5 Å². The van der Waals surface area contributed by atoms with E-state index in [4.69, 9.17) is 9.47 Å². The molecule has 0 fully saturated rings. The molecule has 3 rings (SSSR count).